The number of hydrogen-bond donors (Lipinski definition) is 1. The van der Waals surface area contributed by atoms with E-state index in [1.807, 2.05) is 31.2 Å². The van der Waals surface area contributed by atoms with Crippen molar-refractivity contribution in [2.24, 2.45) is 0 Å². The lowest BCUT2D eigenvalue weighted by molar-refractivity contribution is 0.312. The summed E-state index contributed by atoms with van der Waals surface area (Å²) >= 11 is 0. The number of rotatable bonds is 9. The average Bonchev–Trinajstić information content (AvgIpc) is 3.26. The van der Waals surface area contributed by atoms with E-state index in [9.17, 15) is 16.8 Å². The standard InChI is InChI=1S/C24H32N6O5S2/c1-5-30-23(18(2)27-37(33,34)22-11-9-21(10-12-22)36(4,31)32)25-26-24(30)35-20-8-6-7-19(17-20)29-15-13-28(3)14-16-29/h6-12,17-18,27H,5,13-16H2,1-4H3/t18-/m1/s1. The first-order valence-corrected chi connectivity index (χ1v) is 15.3. The Bertz CT molecular complexity index is 1450. The molecular formula is C24H32N6O5S2. The number of piperazine rings is 1. The monoisotopic (exact) mass is 548 g/mol. The van der Waals surface area contributed by atoms with Gasteiger partial charge >= 0.3 is 6.01 Å². The molecule has 1 aromatic heterocycles. The Morgan fingerprint density at radius 3 is 2.24 bits per heavy atom. The van der Waals surface area contributed by atoms with Crippen LogP contribution in [0.2, 0.25) is 0 Å². The van der Waals surface area contributed by atoms with E-state index < -0.39 is 25.9 Å². The van der Waals surface area contributed by atoms with Crippen LogP contribution < -0.4 is 14.4 Å². The number of nitrogens with zero attached hydrogens (tertiary/aromatic N) is 5. The number of nitrogens with one attached hydrogen (secondary N) is 1. The lowest BCUT2D eigenvalue weighted by atomic mass is 10.2. The smallest absolute Gasteiger partial charge is 0.322 e. The summed E-state index contributed by atoms with van der Waals surface area (Å²) in [7, 11) is -5.26. The quantitative estimate of drug-likeness (QED) is 0.428. The average molecular weight is 549 g/mol. The molecule has 11 nitrogen and oxygen atoms in total. The highest BCUT2D eigenvalue weighted by molar-refractivity contribution is 7.90. The molecule has 0 aliphatic carbocycles. The van der Waals surface area contributed by atoms with Crippen molar-refractivity contribution in [3.63, 3.8) is 0 Å². The summed E-state index contributed by atoms with van der Waals surface area (Å²) in [6.45, 7) is 7.88. The van der Waals surface area contributed by atoms with Gasteiger partial charge in [0.25, 0.3) is 0 Å². The number of aromatic nitrogens is 3. The van der Waals surface area contributed by atoms with Crippen molar-refractivity contribution in [2.75, 3.05) is 44.4 Å². The second kappa shape index (κ2) is 10.8. The van der Waals surface area contributed by atoms with Crippen molar-refractivity contribution in [1.29, 1.82) is 0 Å². The number of sulfonamides is 1. The molecule has 0 saturated carbocycles. The van der Waals surface area contributed by atoms with E-state index >= 15 is 0 Å². The Labute approximate surface area is 218 Å². The van der Waals surface area contributed by atoms with Gasteiger partial charge in [-0.3, -0.25) is 4.57 Å². The molecule has 4 rings (SSSR count). The molecule has 1 saturated heterocycles. The van der Waals surface area contributed by atoms with Crippen molar-refractivity contribution in [3.05, 3.63) is 54.4 Å². The highest BCUT2D eigenvalue weighted by atomic mass is 32.2. The molecule has 2 aromatic carbocycles. The van der Waals surface area contributed by atoms with Crippen LogP contribution in [0.15, 0.2) is 58.3 Å². The molecule has 1 atom stereocenters. The highest BCUT2D eigenvalue weighted by Crippen LogP contribution is 2.28. The van der Waals surface area contributed by atoms with Crippen molar-refractivity contribution in [1.82, 2.24) is 24.4 Å². The van der Waals surface area contributed by atoms with Crippen LogP contribution in [0.5, 0.6) is 11.8 Å². The number of anilines is 1. The predicted octanol–water partition coefficient (Wildman–Crippen LogP) is 2.29. The number of benzene rings is 2. The van der Waals surface area contributed by atoms with Crippen LogP contribution in [-0.4, -0.2) is 76.0 Å². The van der Waals surface area contributed by atoms with Gasteiger partial charge in [-0.25, -0.2) is 21.6 Å². The maximum atomic E-state index is 12.9. The Kier molecular flexibility index (Phi) is 7.88. The van der Waals surface area contributed by atoms with Gasteiger partial charge in [-0.1, -0.05) is 11.2 Å². The van der Waals surface area contributed by atoms with Crippen LogP contribution in [0.1, 0.15) is 25.7 Å². The van der Waals surface area contributed by atoms with Gasteiger partial charge in [0, 0.05) is 50.7 Å². The molecule has 0 unspecified atom stereocenters. The molecule has 1 aliphatic heterocycles. The van der Waals surface area contributed by atoms with Crippen LogP contribution in [-0.2, 0) is 26.4 Å². The first kappa shape index (κ1) is 27.0. The molecule has 2 heterocycles. The van der Waals surface area contributed by atoms with E-state index in [0.29, 0.717) is 18.1 Å². The summed E-state index contributed by atoms with van der Waals surface area (Å²) in [5.41, 5.74) is 1.07. The summed E-state index contributed by atoms with van der Waals surface area (Å²) in [5.74, 6) is 1.01. The third kappa shape index (κ3) is 6.29. The van der Waals surface area contributed by atoms with E-state index in [4.69, 9.17) is 4.74 Å². The lowest BCUT2D eigenvalue weighted by Gasteiger charge is -2.34. The van der Waals surface area contributed by atoms with E-state index in [0.717, 1.165) is 38.1 Å². The second-order valence-corrected chi connectivity index (χ2v) is 12.8. The summed E-state index contributed by atoms with van der Waals surface area (Å²) in [6, 6.07) is 12.4. The first-order chi connectivity index (χ1) is 17.5. The molecular weight excluding hydrogens is 516 g/mol. The topological polar surface area (TPSA) is 127 Å². The SMILES string of the molecule is CCn1c(Oc2cccc(N3CCN(C)CC3)c2)nnc1[C@@H](C)NS(=O)(=O)c1ccc(S(C)(=O)=O)cc1. The zero-order valence-electron chi connectivity index (χ0n) is 21.3. The molecule has 1 fully saturated rings. The van der Waals surface area contributed by atoms with Gasteiger partial charge in [0.15, 0.2) is 15.7 Å². The van der Waals surface area contributed by atoms with Crippen molar-refractivity contribution in [3.8, 4) is 11.8 Å². The largest absolute Gasteiger partial charge is 0.424 e. The first-order valence-electron chi connectivity index (χ1n) is 11.9. The molecule has 0 bridgehead atoms. The summed E-state index contributed by atoms with van der Waals surface area (Å²) in [4.78, 5) is 4.60. The van der Waals surface area contributed by atoms with Crippen LogP contribution in [0.4, 0.5) is 5.69 Å². The maximum absolute atomic E-state index is 12.9. The number of ether oxygens (including phenoxy) is 1. The molecule has 0 radical (unpaired) electrons. The van der Waals surface area contributed by atoms with E-state index in [2.05, 4.69) is 31.8 Å². The molecule has 200 valence electrons. The molecule has 0 amide bonds. The number of sulfone groups is 1. The fourth-order valence-electron chi connectivity index (χ4n) is 4.13. The van der Waals surface area contributed by atoms with Gasteiger partial charge in [0.1, 0.15) is 5.75 Å². The Morgan fingerprint density at radius 1 is 0.973 bits per heavy atom. The van der Waals surface area contributed by atoms with Crippen LogP contribution in [0.25, 0.3) is 0 Å². The maximum Gasteiger partial charge on any atom is 0.322 e. The van der Waals surface area contributed by atoms with Gasteiger partial charge in [-0.15, -0.1) is 5.10 Å². The normalized spacial score (nSPS) is 16.1. The van der Waals surface area contributed by atoms with Gasteiger partial charge in [0.2, 0.25) is 10.0 Å². The Balaban J connectivity index is 1.50. The van der Waals surface area contributed by atoms with Gasteiger partial charge in [-0.2, -0.15) is 0 Å². The Hall–Kier alpha value is -3.00. The molecule has 37 heavy (non-hydrogen) atoms. The second-order valence-electron chi connectivity index (χ2n) is 9.06. The van der Waals surface area contributed by atoms with E-state index in [1.165, 1.54) is 24.3 Å². The number of hydrogen-bond acceptors (Lipinski definition) is 9. The molecule has 1 N–H and O–H groups in total. The fourth-order valence-corrected chi connectivity index (χ4v) is 5.96. The molecule has 0 spiro atoms. The molecule has 1 aliphatic rings. The fraction of sp³-hybridized carbons (Fsp3) is 0.417. The zero-order valence-corrected chi connectivity index (χ0v) is 23.0. The zero-order chi connectivity index (χ0) is 26.8. The van der Waals surface area contributed by atoms with Crippen molar-refractivity contribution < 1.29 is 21.6 Å². The van der Waals surface area contributed by atoms with Crippen LogP contribution in [0.3, 0.4) is 0 Å². The minimum Gasteiger partial charge on any atom is -0.424 e. The van der Waals surface area contributed by atoms with Crippen molar-refractivity contribution >= 4 is 25.5 Å². The van der Waals surface area contributed by atoms with Crippen LogP contribution in [0, 0.1) is 0 Å². The van der Waals surface area contributed by atoms with Gasteiger partial charge in [0.05, 0.1) is 15.8 Å². The minimum absolute atomic E-state index is 0.0451. The van der Waals surface area contributed by atoms with E-state index in [1.54, 1.807) is 11.5 Å². The minimum atomic E-state index is -3.94. The third-order valence-electron chi connectivity index (χ3n) is 6.24. The Morgan fingerprint density at radius 2 is 1.62 bits per heavy atom. The lowest BCUT2D eigenvalue weighted by Crippen LogP contribution is -2.44. The third-order valence-corrected chi connectivity index (χ3v) is 8.92. The summed E-state index contributed by atoms with van der Waals surface area (Å²) in [6.07, 6.45) is 1.07. The highest BCUT2D eigenvalue weighted by Gasteiger charge is 2.25. The summed E-state index contributed by atoms with van der Waals surface area (Å²) < 4.78 is 59.6. The molecule has 13 heteroatoms. The van der Waals surface area contributed by atoms with E-state index in [-0.39, 0.29) is 15.8 Å². The van der Waals surface area contributed by atoms with Crippen LogP contribution >= 0.6 is 0 Å². The number of likely N-dealkylation sites (N-methyl/N-ethyl adjacent to an activating group) is 1. The van der Waals surface area contributed by atoms with Gasteiger partial charge in [-0.05, 0) is 57.3 Å². The molecule has 3 aromatic rings. The summed E-state index contributed by atoms with van der Waals surface area (Å²) in [5, 5.41) is 8.36. The van der Waals surface area contributed by atoms with Gasteiger partial charge < -0.3 is 14.5 Å². The van der Waals surface area contributed by atoms with Crippen molar-refractivity contribution in [2.45, 2.75) is 36.2 Å². The predicted molar refractivity (Wildman–Crippen MR) is 140 cm³/mol.